The molecule has 0 amide bonds. The molecule has 1 unspecified atom stereocenters. The zero-order chi connectivity index (χ0) is 14.9. The van der Waals surface area contributed by atoms with Crippen molar-refractivity contribution in [1.29, 1.82) is 0 Å². The number of aliphatic carboxylic acids is 1. The lowest BCUT2D eigenvalue weighted by Gasteiger charge is -2.29. The van der Waals surface area contributed by atoms with E-state index in [0.717, 1.165) is 23.6 Å². The summed E-state index contributed by atoms with van der Waals surface area (Å²) in [6.45, 7) is 2.58. The molecule has 0 saturated heterocycles. The van der Waals surface area contributed by atoms with E-state index < -0.39 is 11.5 Å². The second-order valence-electron chi connectivity index (χ2n) is 5.28. The molecule has 0 aromatic carbocycles. The van der Waals surface area contributed by atoms with E-state index >= 15 is 0 Å². The fourth-order valence-corrected chi connectivity index (χ4v) is 3.82. The monoisotopic (exact) mass is 306 g/mol. The number of hydrogen-bond donors (Lipinski definition) is 2. The van der Waals surface area contributed by atoms with Crippen LogP contribution in [0.1, 0.15) is 19.8 Å². The van der Waals surface area contributed by atoms with Crippen LogP contribution in [0.2, 0.25) is 0 Å². The third kappa shape index (κ3) is 2.63. The van der Waals surface area contributed by atoms with Gasteiger partial charge in [-0.05, 0) is 37.4 Å². The molecule has 21 heavy (non-hydrogen) atoms. The molecule has 6 nitrogen and oxygen atoms in total. The largest absolute Gasteiger partial charge is 0.480 e. The summed E-state index contributed by atoms with van der Waals surface area (Å²) in [7, 11) is 0. The summed E-state index contributed by atoms with van der Waals surface area (Å²) >= 11 is 1.45. The lowest BCUT2D eigenvalue weighted by Crippen LogP contribution is -2.56. The van der Waals surface area contributed by atoms with E-state index in [4.69, 9.17) is 0 Å². The van der Waals surface area contributed by atoms with Gasteiger partial charge in [0.15, 0.2) is 10.8 Å². The molecule has 2 N–H and O–H groups in total. The summed E-state index contributed by atoms with van der Waals surface area (Å²) in [5, 5.41) is 21.9. The molecule has 2 aromatic rings. The number of hydrogen-bond acceptors (Lipinski definition) is 5. The lowest BCUT2D eigenvalue weighted by atomic mass is 9.96. The fourth-order valence-electron chi connectivity index (χ4n) is 2.61. The SMILES string of the molecule is CCNC(CSc1nnc2ccccn12)(C(=O)O)C1CC1. The van der Waals surface area contributed by atoms with Gasteiger partial charge in [-0.1, -0.05) is 24.8 Å². The zero-order valence-corrected chi connectivity index (χ0v) is 12.6. The van der Waals surface area contributed by atoms with Gasteiger partial charge in [0.25, 0.3) is 0 Å². The quantitative estimate of drug-likeness (QED) is 0.757. The summed E-state index contributed by atoms with van der Waals surface area (Å²) in [6.07, 6.45) is 3.84. The molecule has 112 valence electrons. The topological polar surface area (TPSA) is 79.5 Å². The Balaban J connectivity index is 1.82. The number of fused-ring (bicyclic) bond motifs is 1. The Hall–Kier alpha value is -1.60. The van der Waals surface area contributed by atoms with Crippen LogP contribution in [0.25, 0.3) is 5.65 Å². The number of rotatable bonds is 7. The number of likely N-dealkylation sites (N-methyl/N-ethyl adjacent to an activating group) is 1. The minimum Gasteiger partial charge on any atom is -0.480 e. The van der Waals surface area contributed by atoms with Gasteiger partial charge in [-0.25, -0.2) is 0 Å². The highest BCUT2D eigenvalue weighted by molar-refractivity contribution is 7.99. The Morgan fingerprint density at radius 1 is 1.52 bits per heavy atom. The Labute approximate surface area is 126 Å². The molecule has 2 heterocycles. The van der Waals surface area contributed by atoms with Gasteiger partial charge >= 0.3 is 5.97 Å². The molecule has 1 atom stereocenters. The van der Waals surface area contributed by atoms with E-state index in [9.17, 15) is 9.90 Å². The first kappa shape index (κ1) is 14.3. The third-order valence-corrected chi connectivity index (χ3v) is 5.00. The molecular formula is C14H18N4O2S. The average Bonchev–Trinajstić information content (AvgIpc) is 3.25. The third-order valence-electron chi connectivity index (χ3n) is 3.86. The number of nitrogens with zero attached hydrogens (tertiary/aromatic N) is 3. The van der Waals surface area contributed by atoms with Crippen LogP contribution < -0.4 is 5.32 Å². The Morgan fingerprint density at radius 3 is 3.00 bits per heavy atom. The predicted molar refractivity (Wildman–Crippen MR) is 80.5 cm³/mol. The Bertz CT molecular complexity index is 655. The predicted octanol–water partition coefficient (Wildman–Crippen LogP) is 1.66. The van der Waals surface area contributed by atoms with E-state index in [2.05, 4.69) is 15.5 Å². The van der Waals surface area contributed by atoms with Gasteiger partial charge in [0.2, 0.25) is 0 Å². The van der Waals surface area contributed by atoms with Crippen LogP contribution in [0.4, 0.5) is 0 Å². The molecular weight excluding hydrogens is 288 g/mol. The number of nitrogens with one attached hydrogen (secondary N) is 1. The number of carboxylic acid groups (broad SMARTS) is 1. The van der Waals surface area contributed by atoms with Crippen molar-refractivity contribution < 1.29 is 9.90 Å². The lowest BCUT2D eigenvalue weighted by molar-refractivity contribution is -0.144. The number of carboxylic acids is 1. The highest BCUT2D eigenvalue weighted by atomic mass is 32.2. The molecule has 1 saturated carbocycles. The highest BCUT2D eigenvalue weighted by Gasteiger charge is 2.50. The van der Waals surface area contributed by atoms with Crippen LogP contribution in [-0.2, 0) is 4.79 Å². The van der Waals surface area contributed by atoms with Gasteiger partial charge in [-0.2, -0.15) is 0 Å². The highest BCUT2D eigenvalue weighted by Crippen LogP contribution is 2.42. The summed E-state index contributed by atoms with van der Waals surface area (Å²) in [5.41, 5.74) is -0.0872. The van der Waals surface area contributed by atoms with E-state index in [1.54, 1.807) is 0 Å². The van der Waals surface area contributed by atoms with E-state index in [-0.39, 0.29) is 5.92 Å². The normalized spacial score (nSPS) is 17.8. The van der Waals surface area contributed by atoms with Crippen LogP contribution in [0.5, 0.6) is 0 Å². The van der Waals surface area contributed by atoms with Crippen molar-refractivity contribution in [3.8, 4) is 0 Å². The van der Waals surface area contributed by atoms with Crippen molar-refractivity contribution in [2.75, 3.05) is 12.3 Å². The first-order valence-corrected chi connectivity index (χ1v) is 8.07. The minimum absolute atomic E-state index is 0.210. The van der Waals surface area contributed by atoms with E-state index in [1.165, 1.54) is 11.8 Å². The second-order valence-corrected chi connectivity index (χ2v) is 6.22. The van der Waals surface area contributed by atoms with Gasteiger partial charge in [0, 0.05) is 11.9 Å². The smallest absolute Gasteiger partial charge is 0.325 e. The van der Waals surface area contributed by atoms with Crippen LogP contribution >= 0.6 is 11.8 Å². The van der Waals surface area contributed by atoms with Crippen molar-refractivity contribution in [3.05, 3.63) is 24.4 Å². The van der Waals surface area contributed by atoms with Gasteiger partial charge in [0.05, 0.1) is 0 Å². The fraction of sp³-hybridized carbons (Fsp3) is 0.500. The van der Waals surface area contributed by atoms with Crippen molar-refractivity contribution in [2.45, 2.75) is 30.5 Å². The van der Waals surface area contributed by atoms with Crippen molar-refractivity contribution in [1.82, 2.24) is 19.9 Å². The zero-order valence-electron chi connectivity index (χ0n) is 11.8. The van der Waals surface area contributed by atoms with Crippen LogP contribution in [0.3, 0.4) is 0 Å². The van der Waals surface area contributed by atoms with E-state index in [1.807, 2.05) is 35.7 Å². The maximum atomic E-state index is 11.8. The maximum Gasteiger partial charge on any atom is 0.325 e. The molecule has 0 bridgehead atoms. The summed E-state index contributed by atoms with van der Waals surface area (Å²) in [4.78, 5) is 11.8. The van der Waals surface area contributed by atoms with Gasteiger partial charge in [-0.3, -0.25) is 9.20 Å². The maximum absolute atomic E-state index is 11.8. The molecule has 0 aliphatic heterocycles. The van der Waals surface area contributed by atoms with Gasteiger partial charge in [-0.15, -0.1) is 10.2 Å². The number of pyridine rings is 1. The molecule has 1 fully saturated rings. The molecule has 3 rings (SSSR count). The number of carbonyl (C=O) groups is 1. The van der Waals surface area contributed by atoms with Crippen LogP contribution in [0.15, 0.2) is 29.6 Å². The average molecular weight is 306 g/mol. The molecule has 1 aliphatic rings. The van der Waals surface area contributed by atoms with E-state index in [0.29, 0.717) is 12.3 Å². The Morgan fingerprint density at radius 2 is 2.33 bits per heavy atom. The standard InChI is InChI=1S/C14H18N4O2S/c1-2-15-14(12(19)20,10-6-7-10)9-21-13-17-16-11-5-3-4-8-18(11)13/h3-5,8,10,15H,2,6-7,9H2,1H3,(H,19,20). The first-order chi connectivity index (χ1) is 10.2. The molecule has 0 radical (unpaired) electrons. The number of aromatic nitrogens is 3. The summed E-state index contributed by atoms with van der Waals surface area (Å²) in [5.74, 6) is -0.105. The van der Waals surface area contributed by atoms with Gasteiger partial charge < -0.3 is 10.4 Å². The number of thioether (sulfide) groups is 1. The first-order valence-electron chi connectivity index (χ1n) is 7.08. The van der Waals surface area contributed by atoms with Crippen molar-refractivity contribution in [2.24, 2.45) is 5.92 Å². The van der Waals surface area contributed by atoms with Gasteiger partial charge in [0.1, 0.15) is 5.54 Å². The minimum atomic E-state index is -0.861. The molecule has 2 aromatic heterocycles. The second kappa shape index (κ2) is 5.65. The summed E-state index contributed by atoms with van der Waals surface area (Å²) < 4.78 is 1.89. The summed E-state index contributed by atoms with van der Waals surface area (Å²) in [6, 6.07) is 5.70. The van der Waals surface area contributed by atoms with Crippen molar-refractivity contribution in [3.63, 3.8) is 0 Å². The van der Waals surface area contributed by atoms with Crippen molar-refractivity contribution >= 4 is 23.4 Å². The molecule has 0 spiro atoms. The molecule has 7 heteroatoms. The molecule has 1 aliphatic carbocycles. The Kier molecular flexibility index (Phi) is 3.86. The van der Waals surface area contributed by atoms with Crippen LogP contribution in [-0.4, -0.2) is 43.5 Å². The van der Waals surface area contributed by atoms with Crippen LogP contribution in [0, 0.1) is 5.92 Å².